The standard InChI is InChI=1S/C20H30N2O3/c1-5-25-17-7-6-12-22(13-17)20(24)18(14(2)3)21-19(23)16-10-8-15(4)9-11-16/h8-11,14,17-18H,5-7,12-13H2,1-4H3,(H,21,23). The van der Waals surface area contributed by atoms with Gasteiger partial charge in [-0.2, -0.15) is 0 Å². The smallest absolute Gasteiger partial charge is 0.251 e. The van der Waals surface area contributed by atoms with Crippen LogP contribution >= 0.6 is 0 Å². The second-order valence-corrected chi connectivity index (χ2v) is 7.07. The minimum atomic E-state index is -0.519. The number of ether oxygens (including phenoxy) is 1. The Kier molecular flexibility index (Phi) is 7.00. The van der Waals surface area contributed by atoms with E-state index >= 15 is 0 Å². The molecule has 5 heteroatoms. The van der Waals surface area contributed by atoms with Gasteiger partial charge in [0.2, 0.25) is 5.91 Å². The minimum Gasteiger partial charge on any atom is -0.377 e. The number of rotatable bonds is 6. The number of carbonyl (C=O) groups is 2. The number of carbonyl (C=O) groups excluding carboxylic acids is 2. The Balaban J connectivity index is 2.05. The molecule has 0 bridgehead atoms. The van der Waals surface area contributed by atoms with Crippen molar-refractivity contribution in [3.63, 3.8) is 0 Å². The minimum absolute atomic E-state index is 0.0140. The molecule has 0 aliphatic carbocycles. The number of benzene rings is 1. The van der Waals surface area contributed by atoms with E-state index in [-0.39, 0.29) is 23.8 Å². The van der Waals surface area contributed by atoms with E-state index in [1.54, 1.807) is 12.1 Å². The zero-order valence-corrected chi connectivity index (χ0v) is 15.7. The van der Waals surface area contributed by atoms with E-state index in [9.17, 15) is 9.59 Å². The van der Waals surface area contributed by atoms with Gasteiger partial charge in [-0.1, -0.05) is 31.5 Å². The predicted octanol–water partition coefficient (Wildman–Crippen LogP) is 2.78. The van der Waals surface area contributed by atoms with Gasteiger partial charge in [0.05, 0.1) is 6.10 Å². The molecule has 2 atom stereocenters. The first-order valence-corrected chi connectivity index (χ1v) is 9.20. The molecule has 2 amide bonds. The number of nitrogens with one attached hydrogen (secondary N) is 1. The van der Waals surface area contributed by atoms with Crippen molar-refractivity contribution in [1.29, 1.82) is 0 Å². The molecule has 1 aromatic rings. The van der Waals surface area contributed by atoms with Crippen molar-refractivity contribution in [3.05, 3.63) is 35.4 Å². The Morgan fingerprint density at radius 3 is 2.56 bits per heavy atom. The van der Waals surface area contributed by atoms with Crippen LogP contribution in [0.4, 0.5) is 0 Å². The van der Waals surface area contributed by atoms with Crippen LogP contribution in [-0.2, 0) is 9.53 Å². The molecular weight excluding hydrogens is 316 g/mol. The molecule has 0 aromatic heterocycles. The lowest BCUT2D eigenvalue weighted by atomic mass is 9.99. The molecule has 1 N–H and O–H groups in total. The van der Waals surface area contributed by atoms with Gasteiger partial charge >= 0.3 is 0 Å². The van der Waals surface area contributed by atoms with Gasteiger partial charge in [-0.25, -0.2) is 0 Å². The maximum atomic E-state index is 13.0. The van der Waals surface area contributed by atoms with E-state index in [2.05, 4.69) is 5.32 Å². The average molecular weight is 346 g/mol. The topological polar surface area (TPSA) is 58.6 Å². The van der Waals surface area contributed by atoms with Crippen molar-refractivity contribution < 1.29 is 14.3 Å². The van der Waals surface area contributed by atoms with Gasteiger partial charge in [0.15, 0.2) is 0 Å². The van der Waals surface area contributed by atoms with E-state index in [1.807, 2.05) is 44.7 Å². The first-order chi connectivity index (χ1) is 11.9. The summed E-state index contributed by atoms with van der Waals surface area (Å²) in [5, 5.41) is 2.93. The number of likely N-dealkylation sites (tertiary alicyclic amines) is 1. The van der Waals surface area contributed by atoms with Crippen LogP contribution in [0.15, 0.2) is 24.3 Å². The normalized spacial score (nSPS) is 18.9. The zero-order valence-electron chi connectivity index (χ0n) is 15.7. The van der Waals surface area contributed by atoms with Gasteiger partial charge < -0.3 is 15.0 Å². The Morgan fingerprint density at radius 2 is 1.96 bits per heavy atom. The summed E-state index contributed by atoms with van der Waals surface area (Å²) in [7, 11) is 0. The van der Waals surface area contributed by atoms with E-state index in [4.69, 9.17) is 4.74 Å². The highest BCUT2D eigenvalue weighted by Crippen LogP contribution is 2.17. The zero-order chi connectivity index (χ0) is 18.4. The lowest BCUT2D eigenvalue weighted by Gasteiger charge is -2.35. The van der Waals surface area contributed by atoms with Crippen LogP contribution in [0.5, 0.6) is 0 Å². The number of aryl methyl sites for hydroxylation is 1. The highest BCUT2D eigenvalue weighted by Gasteiger charge is 2.32. The Morgan fingerprint density at radius 1 is 1.28 bits per heavy atom. The monoisotopic (exact) mass is 346 g/mol. The van der Waals surface area contributed by atoms with Gasteiger partial charge in [-0.05, 0) is 44.7 Å². The highest BCUT2D eigenvalue weighted by molar-refractivity contribution is 5.97. The number of nitrogens with zero attached hydrogens (tertiary/aromatic N) is 1. The lowest BCUT2D eigenvalue weighted by Crippen LogP contribution is -2.54. The number of hydrogen-bond donors (Lipinski definition) is 1. The molecule has 0 spiro atoms. The molecule has 1 heterocycles. The number of amides is 2. The van der Waals surface area contributed by atoms with Crippen LogP contribution in [0.1, 0.15) is 49.5 Å². The average Bonchev–Trinajstić information content (AvgIpc) is 2.60. The third-order valence-corrected chi connectivity index (χ3v) is 4.63. The molecule has 1 aliphatic rings. The summed E-state index contributed by atoms with van der Waals surface area (Å²) in [5.74, 6) is -0.195. The number of piperidine rings is 1. The molecule has 5 nitrogen and oxygen atoms in total. The van der Waals surface area contributed by atoms with Crippen LogP contribution in [0.3, 0.4) is 0 Å². The molecule has 1 fully saturated rings. The van der Waals surface area contributed by atoms with Crippen molar-refractivity contribution in [3.8, 4) is 0 Å². The summed E-state index contributed by atoms with van der Waals surface area (Å²) in [4.78, 5) is 27.3. The number of hydrogen-bond acceptors (Lipinski definition) is 3. The van der Waals surface area contributed by atoms with Crippen LogP contribution in [0.25, 0.3) is 0 Å². The Labute approximate surface area is 150 Å². The summed E-state index contributed by atoms with van der Waals surface area (Å²) < 4.78 is 5.68. The quantitative estimate of drug-likeness (QED) is 0.862. The molecule has 0 saturated carbocycles. The van der Waals surface area contributed by atoms with Crippen LogP contribution < -0.4 is 5.32 Å². The summed E-state index contributed by atoms with van der Waals surface area (Å²) in [6, 6.07) is 6.86. The fourth-order valence-electron chi connectivity index (χ4n) is 3.15. The lowest BCUT2D eigenvalue weighted by molar-refractivity contribution is -0.138. The van der Waals surface area contributed by atoms with Crippen molar-refractivity contribution >= 4 is 11.8 Å². The van der Waals surface area contributed by atoms with Gasteiger partial charge in [0.1, 0.15) is 6.04 Å². The van der Waals surface area contributed by atoms with Crippen molar-refractivity contribution in [1.82, 2.24) is 10.2 Å². The molecule has 2 rings (SSSR count). The van der Waals surface area contributed by atoms with Gasteiger partial charge in [0.25, 0.3) is 5.91 Å². The van der Waals surface area contributed by atoms with Gasteiger partial charge in [-0.3, -0.25) is 9.59 Å². The second-order valence-electron chi connectivity index (χ2n) is 7.07. The molecule has 138 valence electrons. The molecular formula is C20H30N2O3. The summed E-state index contributed by atoms with van der Waals surface area (Å²) in [5.41, 5.74) is 1.68. The summed E-state index contributed by atoms with van der Waals surface area (Å²) >= 11 is 0. The van der Waals surface area contributed by atoms with Crippen LogP contribution in [-0.4, -0.2) is 48.6 Å². The van der Waals surface area contributed by atoms with E-state index in [1.165, 1.54) is 0 Å². The Bertz CT molecular complexity index is 581. The first kappa shape index (κ1) is 19.4. The fraction of sp³-hybridized carbons (Fsp3) is 0.600. The molecule has 1 saturated heterocycles. The molecule has 1 aromatic carbocycles. The summed E-state index contributed by atoms with van der Waals surface area (Å²) in [6.45, 7) is 9.86. The fourth-order valence-corrected chi connectivity index (χ4v) is 3.15. The van der Waals surface area contributed by atoms with Crippen LogP contribution in [0, 0.1) is 12.8 Å². The second kappa shape index (κ2) is 8.99. The van der Waals surface area contributed by atoms with E-state index < -0.39 is 6.04 Å². The van der Waals surface area contributed by atoms with E-state index in [0.717, 1.165) is 24.9 Å². The SMILES string of the molecule is CCOC1CCCN(C(=O)C(NC(=O)c2ccc(C)cc2)C(C)C)C1. The first-order valence-electron chi connectivity index (χ1n) is 9.20. The van der Waals surface area contributed by atoms with E-state index in [0.29, 0.717) is 18.7 Å². The molecule has 0 radical (unpaired) electrons. The maximum Gasteiger partial charge on any atom is 0.251 e. The summed E-state index contributed by atoms with van der Waals surface area (Å²) in [6.07, 6.45) is 2.02. The van der Waals surface area contributed by atoms with Crippen molar-refractivity contribution in [2.75, 3.05) is 19.7 Å². The van der Waals surface area contributed by atoms with Crippen LogP contribution in [0.2, 0.25) is 0 Å². The third-order valence-electron chi connectivity index (χ3n) is 4.63. The highest BCUT2D eigenvalue weighted by atomic mass is 16.5. The molecule has 2 unspecified atom stereocenters. The Hall–Kier alpha value is -1.88. The van der Waals surface area contributed by atoms with Crippen molar-refractivity contribution in [2.45, 2.75) is 52.7 Å². The van der Waals surface area contributed by atoms with Gasteiger partial charge in [0, 0.05) is 25.3 Å². The largest absolute Gasteiger partial charge is 0.377 e. The van der Waals surface area contributed by atoms with Gasteiger partial charge in [-0.15, -0.1) is 0 Å². The van der Waals surface area contributed by atoms with Crippen molar-refractivity contribution in [2.24, 2.45) is 5.92 Å². The predicted molar refractivity (Wildman–Crippen MR) is 98.5 cm³/mol. The molecule has 1 aliphatic heterocycles. The maximum absolute atomic E-state index is 13.0. The molecule has 25 heavy (non-hydrogen) atoms. The third kappa shape index (κ3) is 5.30.